The quantitative estimate of drug-likeness (QED) is 0.0162. The monoisotopic (exact) mass is 922 g/mol. The molecule has 6 aliphatic rings. The minimum atomic E-state index is -2.97. The summed E-state index contributed by atoms with van der Waals surface area (Å²) in [6.45, 7) is 6.05. The van der Waals surface area contributed by atoms with E-state index in [-0.39, 0.29) is 84.8 Å². The van der Waals surface area contributed by atoms with Crippen molar-refractivity contribution in [2.45, 2.75) is 99.7 Å². The number of fused-ring (bicyclic) bond motifs is 8. The van der Waals surface area contributed by atoms with Crippen LogP contribution in [-0.4, -0.2) is 169 Å². The molecule has 6 rings (SSSR count). The molecular weight excluding hydrogens is 865 g/mol. The van der Waals surface area contributed by atoms with Crippen molar-refractivity contribution in [3.05, 3.63) is 59.2 Å². The van der Waals surface area contributed by atoms with E-state index in [1.165, 1.54) is 33.9 Å². The Hall–Kier alpha value is -3.63. The number of carbonyl (C=O) groups excluding carboxylic acids is 1. The average Bonchev–Trinajstić information content (AvgIpc) is 3.63. The molecule has 2 fully saturated rings. The molecule has 4 bridgehead atoms. The lowest BCUT2D eigenvalue weighted by Gasteiger charge is -2.48. The number of aliphatic imine (C=N–C) groups is 1. The summed E-state index contributed by atoms with van der Waals surface area (Å²) in [5.41, 5.74) is 6.74. The Labute approximate surface area is 373 Å². The minimum absolute atomic E-state index is 0.00357. The van der Waals surface area contributed by atoms with Crippen LogP contribution in [0.25, 0.3) is 0 Å². The number of ether oxygens (including phenoxy) is 5. The third-order valence-corrected chi connectivity index (χ3v) is 14.9. The zero-order valence-corrected chi connectivity index (χ0v) is 36.7. The lowest BCUT2D eigenvalue weighted by Crippen LogP contribution is -2.69. The minimum Gasteiger partial charge on any atom is -0.478 e. The summed E-state index contributed by atoms with van der Waals surface area (Å²) >= 11 is 0. The van der Waals surface area contributed by atoms with E-state index in [1.807, 2.05) is 0 Å². The lowest BCUT2D eigenvalue weighted by atomic mass is 9.77. The van der Waals surface area contributed by atoms with Crippen LogP contribution in [0.3, 0.4) is 0 Å². The van der Waals surface area contributed by atoms with Gasteiger partial charge in [0.25, 0.3) is 0 Å². The first-order valence-corrected chi connectivity index (χ1v) is 23.3. The fourth-order valence-electron chi connectivity index (χ4n) is 8.64. The van der Waals surface area contributed by atoms with E-state index < -0.39 is 85.3 Å². The van der Waals surface area contributed by atoms with Gasteiger partial charge in [-0.3, -0.25) is 4.99 Å². The van der Waals surface area contributed by atoms with Gasteiger partial charge in [-0.25, -0.2) is 9.59 Å². The van der Waals surface area contributed by atoms with E-state index in [4.69, 9.17) is 29.4 Å². The number of guanidine groups is 1. The standard InChI is InChI=1S/C42H58N4O15S2/c1-4-25-33-22-7-5-8-32(29(17-49)46-14-24(13-22)34(26(15-46)37(52)53)45-41(43)44-11-6-12-47)63-62-20-28-23(16-48)9-10-30(28)59-38(54)27(33)19-57-39(25)61-40-36(58-21(2)3)42(55,56)35(51)31(18-50)60-40/h4,13,15,19,21,23,25,28-33,35-36,39-40,47-51,55-56H,1,6,8-12,14,16-18,20H2,2-3H3,(H,52,53)(H3,43,44,45)/b22-13+/t23-,25+,28-,29-,30+,31+,32-,33-,35+,36-,39-,40-/m0/s1. The molecule has 0 aromatic heterocycles. The number of hydrogen-bond donors (Lipinski definition) is 10. The number of rotatable bonds is 13. The Morgan fingerprint density at radius 2 is 1.97 bits per heavy atom. The van der Waals surface area contributed by atoms with Gasteiger partial charge in [0, 0.05) is 67.3 Å². The second kappa shape index (κ2) is 21.6. The van der Waals surface area contributed by atoms with Crippen LogP contribution >= 0.6 is 21.6 Å². The topological polar surface area (TPSA) is 296 Å². The number of carbonyl (C=O) groups is 2. The normalized spacial score (nSPS) is 35.4. The van der Waals surface area contributed by atoms with Crippen LogP contribution < -0.4 is 11.1 Å². The average molecular weight is 923 g/mol. The maximum atomic E-state index is 14.6. The Balaban J connectivity index is 1.54. The molecule has 21 heteroatoms. The van der Waals surface area contributed by atoms with E-state index in [1.54, 1.807) is 24.8 Å². The van der Waals surface area contributed by atoms with E-state index in [9.17, 15) is 50.4 Å². The molecule has 1 saturated carbocycles. The Bertz CT molecular complexity index is 1910. The van der Waals surface area contributed by atoms with Gasteiger partial charge in [-0.1, -0.05) is 39.5 Å². The summed E-state index contributed by atoms with van der Waals surface area (Å²) in [6.07, 6.45) is -2.27. The SMILES string of the molecule is C=C[C@H]1[C@H](O[C@@H]2O[C@H](CO)[C@@H](O)C(O)(O)[C@H]2OC(C)C)OC=C2C(=O)O[C@@H]3CC[C@@H](CO)[C@@H]3CSS[C@H]3CC#C/C(=C\C4=C(NC(N)=NCCCO)C(C(=O)O)=CN(C4)[C@H]3CO)[C@H]21. The van der Waals surface area contributed by atoms with Crippen molar-refractivity contribution in [1.29, 1.82) is 0 Å². The number of allylic oxidation sites excluding steroid dienone is 1. The third kappa shape index (κ3) is 10.7. The summed E-state index contributed by atoms with van der Waals surface area (Å²) in [5.74, 6) is -0.702. The van der Waals surface area contributed by atoms with Gasteiger partial charge in [0.1, 0.15) is 18.3 Å². The molecule has 1 aliphatic carbocycles. The number of nitrogens with zero attached hydrogens (tertiary/aromatic N) is 2. The first-order chi connectivity index (χ1) is 30.2. The second-order valence-corrected chi connectivity index (χ2v) is 19.0. The highest BCUT2D eigenvalue weighted by Crippen LogP contribution is 2.46. The predicted molar refractivity (Wildman–Crippen MR) is 229 cm³/mol. The van der Waals surface area contributed by atoms with Crippen LogP contribution in [0, 0.1) is 35.5 Å². The van der Waals surface area contributed by atoms with Gasteiger partial charge in [0.05, 0.1) is 54.4 Å². The summed E-state index contributed by atoms with van der Waals surface area (Å²) in [4.78, 5) is 33.6. The first-order valence-electron chi connectivity index (χ1n) is 20.9. The van der Waals surface area contributed by atoms with Gasteiger partial charge < -0.3 is 80.5 Å². The number of carboxylic acid groups (broad SMARTS) is 1. The highest BCUT2D eigenvalue weighted by atomic mass is 33.1. The molecule has 0 amide bonds. The van der Waals surface area contributed by atoms with Crippen molar-refractivity contribution in [2.75, 3.05) is 45.3 Å². The number of nitrogens with two attached hydrogens (primary N) is 1. The Morgan fingerprint density at radius 3 is 2.63 bits per heavy atom. The van der Waals surface area contributed by atoms with Crippen LogP contribution in [0.5, 0.6) is 0 Å². The van der Waals surface area contributed by atoms with Gasteiger partial charge >= 0.3 is 11.9 Å². The molecule has 12 atom stereocenters. The molecule has 5 heterocycles. The van der Waals surface area contributed by atoms with Crippen molar-refractivity contribution in [2.24, 2.45) is 34.4 Å². The van der Waals surface area contributed by atoms with E-state index in [0.29, 0.717) is 30.6 Å². The number of carboxylic acids is 1. The van der Waals surface area contributed by atoms with Crippen LogP contribution in [0.15, 0.2) is 64.2 Å². The van der Waals surface area contributed by atoms with Crippen LogP contribution in [-0.2, 0) is 33.3 Å². The number of nitrogens with one attached hydrogen (secondary N) is 1. The zero-order valence-electron chi connectivity index (χ0n) is 35.0. The molecule has 11 N–H and O–H groups in total. The summed E-state index contributed by atoms with van der Waals surface area (Å²) < 4.78 is 30.4. The highest BCUT2D eigenvalue weighted by molar-refractivity contribution is 8.77. The lowest BCUT2D eigenvalue weighted by molar-refractivity contribution is -0.413. The van der Waals surface area contributed by atoms with Gasteiger partial charge in [0.15, 0.2) is 18.4 Å². The molecule has 19 nitrogen and oxygen atoms in total. The molecule has 0 aromatic rings. The van der Waals surface area contributed by atoms with Gasteiger partial charge in [-0.05, 0) is 50.7 Å². The number of aliphatic hydroxyl groups is 7. The molecule has 5 aliphatic heterocycles. The molecule has 0 unspecified atom stereocenters. The summed E-state index contributed by atoms with van der Waals surface area (Å²) in [7, 11) is 2.98. The maximum Gasteiger partial charge on any atom is 0.339 e. The molecule has 348 valence electrons. The third-order valence-electron chi connectivity index (χ3n) is 11.9. The van der Waals surface area contributed by atoms with Gasteiger partial charge in [0.2, 0.25) is 12.1 Å². The largest absolute Gasteiger partial charge is 0.478 e. The number of aliphatic carboxylic acids is 1. The van der Waals surface area contributed by atoms with Gasteiger partial charge in [-0.2, -0.15) is 0 Å². The van der Waals surface area contributed by atoms with Crippen molar-refractivity contribution < 1.29 is 74.1 Å². The smallest absolute Gasteiger partial charge is 0.339 e. The van der Waals surface area contributed by atoms with Crippen LogP contribution in [0.4, 0.5) is 0 Å². The van der Waals surface area contributed by atoms with Crippen molar-refractivity contribution >= 4 is 39.5 Å². The molecule has 1 saturated heterocycles. The number of aliphatic hydroxyl groups excluding tert-OH is 5. The van der Waals surface area contributed by atoms with Gasteiger partial charge in [-0.15, -0.1) is 6.58 Å². The summed E-state index contributed by atoms with van der Waals surface area (Å²) in [5, 5.41) is 86.9. The highest BCUT2D eigenvalue weighted by Gasteiger charge is 2.58. The van der Waals surface area contributed by atoms with E-state index in [0.717, 1.165) is 6.26 Å². The summed E-state index contributed by atoms with van der Waals surface area (Å²) in [6, 6.07) is -0.618. The molecular formula is C42H58N4O15S2. The first kappa shape index (κ1) is 48.8. The van der Waals surface area contributed by atoms with E-state index >= 15 is 0 Å². The fraction of sp³-hybridized carbons (Fsp3) is 0.643. The molecule has 63 heavy (non-hydrogen) atoms. The molecule has 0 radical (unpaired) electrons. The second-order valence-electron chi connectivity index (χ2n) is 16.4. The predicted octanol–water partition coefficient (Wildman–Crippen LogP) is -0.573. The Kier molecular flexibility index (Phi) is 16.7. The Morgan fingerprint density at radius 1 is 1.19 bits per heavy atom. The van der Waals surface area contributed by atoms with Crippen LogP contribution in [0.2, 0.25) is 0 Å². The maximum absolute atomic E-state index is 14.6. The molecule has 0 aromatic carbocycles. The number of hydrogen-bond acceptors (Lipinski definition) is 18. The molecule has 0 spiro atoms. The van der Waals surface area contributed by atoms with Crippen molar-refractivity contribution in [3.63, 3.8) is 0 Å². The van der Waals surface area contributed by atoms with E-state index in [2.05, 4.69) is 28.7 Å². The van der Waals surface area contributed by atoms with Crippen LogP contribution in [0.1, 0.15) is 39.5 Å². The number of esters is 1. The fourth-order valence-corrected chi connectivity index (χ4v) is 11.9. The van der Waals surface area contributed by atoms with Crippen molar-refractivity contribution in [1.82, 2.24) is 10.2 Å². The zero-order chi connectivity index (χ0) is 45.6. The van der Waals surface area contributed by atoms with Crippen molar-refractivity contribution in [3.8, 4) is 11.8 Å².